The first-order valence-electron chi connectivity index (χ1n) is 6.20. The second-order valence-corrected chi connectivity index (χ2v) is 5.00. The molecular formula is C14H17NO3S. The highest BCUT2D eigenvalue weighted by molar-refractivity contribution is 7.09. The van der Waals surface area contributed by atoms with Crippen LogP contribution in [0, 0.1) is 0 Å². The molecule has 0 aliphatic rings. The van der Waals surface area contributed by atoms with E-state index in [2.05, 4.69) is 11.9 Å². The minimum absolute atomic E-state index is 0.0495. The van der Waals surface area contributed by atoms with Crippen molar-refractivity contribution < 1.29 is 14.6 Å². The molecule has 2 aromatic rings. The third-order valence-electron chi connectivity index (χ3n) is 2.54. The van der Waals surface area contributed by atoms with Crippen LogP contribution in [0.4, 0.5) is 0 Å². The molecule has 0 aliphatic carbocycles. The van der Waals surface area contributed by atoms with Crippen molar-refractivity contribution in [3.8, 4) is 11.5 Å². The Bertz CT molecular complexity index is 499. The van der Waals surface area contributed by atoms with Crippen molar-refractivity contribution in [2.75, 3.05) is 6.61 Å². The molecule has 0 aliphatic heterocycles. The van der Waals surface area contributed by atoms with Gasteiger partial charge in [-0.25, -0.2) is 0 Å². The van der Waals surface area contributed by atoms with E-state index >= 15 is 0 Å². The fourth-order valence-corrected chi connectivity index (χ4v) is 2.08. The van der Waals surface area contributed by atoms with Crippen LogP contribution in [0.25, 0.3) is 0 Å². The lowest BCUT2D eigenvalue weighted by molar-refractivity contribution is 0.257. The second-order valence-electron chi connectivity index (χ2n) is 4.03. The van der Waals surface area contributed by atoms with E-state index in [1.165, 1.54) is 0 Å². The van der Waals surface area contributed by atoms with E-state index in [1.54, 1.807) is 23.0 Å². The van der Waals surface area contributed by atoms with Crippen molar-refractivity contribution in [1.29, 1.82) is 0 Å². The maximum Gasteiger partial charge on any atom is 0.129 e. The lowest BCUT2D eigenvalue weighted by Crippen LogP contribution is -2.00. The molecule has 0 saturated heterocycles. The van der Waals surface area contributed by atoms with Crippen LogP contribution in [-0.2, 0) is 13.2 Å². The largest absolute Gasteiger partial charge is 0.493 e. The van der Waals surface area contributed by atoms with Crippen molar-refractivity contribution in [1.82, 2.24) is 4.98 Å². The zero-order chi connectivity index (χ0) is 13.5. The summed E-state index contributed by atoms with van der Waals surface area (Å²) in [6.07, 6.45) is 2.74. The van der Waals surface area contributed by atoms with Crippen LogP contribution >= 0.6 is 11.3 Å². The van der Waals surface area contributed by atoms with E-state index in [1.807, 2.05) is 18.2 Å². The predicted octanol–water partition coefficient (Wildman–Crippen LogP) is 3.00. The zero-order valence-corrected chi connectivity index (χ0v) is 11.7. The molecule has 0 spiro atoms. The third kappa shape index (κ3) is 3.94. The van der Waals surface area contributed by atoms with E-state index < -0.39 is 0 Å². The molecule has 102 valence electrons. The number of ether oxygens (including phenoxy) is 2. The molecule has 2 rings (SSSR count). The molecule has 5 heteroatoms. The molecule has 0 radical (unpaired) electrons. The monoisotopic (exact) mass is 279 g/mol. The number of nitrogens with zero attached hydrogens (tertiary/aromatic N) is 1. The van der Waals surface area contributed by atoms with Gasteiger partial charge in [-0.3, -0.25) is 4.98 Å². The number of thiazole rings is 1. The van der Waals surface area contributed by atoms with E-state index in [9.17, 15) is 5.11 Å². The molecule has 4 nitrogen and oxygen atoms in total. The van der Waals surface area contributed by atoms with Crippen LogP contribution < -0.4 is 9.47 Å². The minimum Gasteiger partial charge on any atom is -0.493 e. The molecule has 0 atom stereocenters. The Hall–Kier alpha value is -1.59. The van der Waals surface area contributed by atoms with Gasteiger partial charge in [0, 0.05) is 17.8 Å². The van der Waals surface area contributed by atoms with Gasteiger partial charge in [-0.05, 0) is 18.6 Å². The Morgan fingerprint density at radius 1 is 1.32 bits per heavy atom. The van der Waals surface area contributed by atoms with Gasteiger partial charge in [0.1, 0.15) is 18.1 Å². The highest BCUT2D eigenvalue weighted by Gasteiger charge is 2.06. The van der Waals surface area contributed by atoms with Crippen molar-refractivity contribution in [3.63, 3.8) is 0 Å². The topological polar surface area (TPSA) is 51.6 Å². The smallest absolute Gasteiger partial charge is 0.129 e. The first-order valence-corrected chi connectivity index (χ1v) is 7.08. The summed E-state index contributed by atoms with van der Waals surface area (Å²) in [4.78, 5) is 5.04. The van der Waals surface area contributed by atoms with Crippen LogP contribution in [0.5, 0.6) is 11.5 Å². The second kappa shape index (κ2) is 7.11. The molecular weight excluding hydrogens is 262 g/mol. The fourth-order valence-electron chi connectivity index (χ4n) is 1.57. The average molecular weight is 279 g/mol. The van der Waals surface area contributed by atoms with Crippen molar-refractivity contribution in [2.45, 2.75) is 26.6 Å². The van der Waals surface area contributed by atoms with E-state index in [0.717, 1.165) is 22.6 Å². The van der Waals surface area contributed by atoms with Crippen LogP contribution in [0.15, 0.2) is 29.9 Å². The Morgan fingerprint density at radius 3 is 2.89 bits per heavy atom. The Kier molecular flexibility index (Phi) is 5.18. The molecule has 0 fully saturated rings. The zero-order valence-electron chi connectivity index (χ0n) is 10.8. The molecule has 0 bridgehead atoms. The maximum absolute atomic E-state index is 9.31. The van der Waals surface area contributed by atoms with E-state index in [0.29, 0.717) is 19.0 Å². The van der Waals surface area contributed by atoms with Gasteiger partial charge in [0.15, 0.2) is 0 Å². The minimum atomic E-state index is -0.0495. The number of benzene rings is 1. The maximum atomic E-state index is 9.31. The summed E-state index contributed by atoms with van der Waals surface area (Å²) < 4.78 is 11.3. The van der Waals surface area contributed by atoms with Crippen LogP contribution in [0.2, 0.25) is 0 Å². The first-order chi connectivity index (χ1) is 9.33. The highest BCUT2D eigenvalue weighted by atomic mass is 32.1. The molecule has 0 saturated carbocycles. The number of hydrogen-bond donors (Lipinski definition) is 1. The summed E-state index contributed by atoms with van der Waals surface area (Å²) in [5, 5.41) is 9.31. The van der Waals surface area contributed by atoms with Crippen LogP contribution in [0.1, 0.15) is 23.8 Å². The lowest BCUT2D eigenvalue weighted by Gasteiger charge is -2.12. The molecule has 1 aromatic carbocycles. The van der Waals surface area contributed by atoms with Crippen LogP contribution in [-0.4, -0.2) is 16.7 Å². The molecule has 0 amide bonds. The van der Waals surface area contributed by atoms with Gasteiger partial charge >= 0.3 is 0 Å². The van der Waals surface area contributed by atoms with Gasteiger partial charge in [0.25, 0.3) is 0 Å². The predicted molar refractivity (Wildman–Crippen MR) is 74.6 cm³/mol. The van der Waals surface area contributed by atoms with E-state index in [-0.39, 0.29) is 6.61 Å². The van der Waals surface area contributed by atoms with Gasteiger partial charge in [-0.1, -0.05) is 6.92 Å². The van der Waals surface area contributed by atoms with Gasteiger partial charge in [-0.2, -0.15) is 0 Å². The fraction of sp³-hybridized carbons (Fsp3) is 0.357. The van der Waals surface area contributed by atoms with Crippen molar-refractivity contribution >= 4 is 11.3 Å². The Morgan fingerprint density at radius 2 is 2.21 bits per heavy atom. The highest BCUT2D eigenvalue weighted by Crippen LogP contribution is 2.26. The SMILES string of the molecule is CCCOc1ccc(CO)c(OCc2cncs2)c1. The standard InChI is InChI=1S/C14H17NO3S/c1-2-5-17-12-4-3-11(8-16)14(6-12)18-9-13-7-15-10-19-13/h3-4,6-7,10,16H,2,5,8-9H2,1H3. The Balaban J connectivity index is 2.07. The lowest BCUT2D eigenvalue weighted by atomic mass is 10.2. The summed E-state index contributed by atoms with van der Waals surface area (Å²) in [6, 6.07) is 5.50. The summed E-state index contributed by atoms with van der Waals surface area (Å²) >= 11 is 1.54. The van der Waals surface area contributed by atoms with Gasteiger partial charge in [-0.15, -0.1) is 11.3 Å². The summed E-state index contributed by atoms with van der Waals surface area (Å²) in [5.74, 6) is 1.42. The van der Waals surface area contributed by atoms with Gasteiger partial charge in [0.05, 0.1) is 23.6 Å². The number of rotatable bonds is 7. The number of hydrogen-bond acceptors (Lipinski definition) is 5. The molecule has 1 heterocycles. The molecule has 0 unspecified atom stereocenters. The molecule has 19 heavy (non-hydrogen) atoms. The first kappa shape index (κ1) is 13.8. The number of aliphatic hydroxyl groups excluding tert-OH is 1. The Labute approximate surface area is 116 Å². The van der Waals surface area contributed by atoms with Gasteiger partial charge in [0.2, 0.25) is 0 Å². The summed E-state index contributed by atoms with van der Waals surface area (Å²) in [5.41, 5.74) is 2.53. The normalized spacial score (nSPS) is 10.4. The molecule has 1 aromatic heterocycles. The summed E-state index contributed by atoms with van der Waals surface area (Å²) in [7, 11) is 0. The number of aromatic nitrogens is 1. The van der Waals surface area contributed by atoms with Gasteiger partial charge < -0.3 is 14.6 Å². The quantitative estimate of drug-likeness (QED) is 0.846. The average Bonchev–Trinajstić information content (AvgIpc) is 2.96. The molecule has 1 N–H and O–H groups in total. The van der Waals surface area contributed by atoms with Crippen LogP contribution in [0.3, 0.4) is 0 Å². The number of aliphatic hydroxyl groups is 1. The van der Waals surface area contributed by atoms with Crippen molar-refractivity contribution in [2.24, 2.45) is 0 Å². The van der Waals surface area contributed by atoms with E-state index in [4.69, 9.17) is 9.47 Å². The third-order valence-corrected chi connectivity index (χ3v) is 3.29. The summed E-state index contributed by atoms with van der Waals surface area (Å²) in [6.45, 7) is 3.14. The van der Waals surface area contributed by atoms with Crippen molar-refractivity contribution in [3.05, 3.63) is 40.3 Å².